The molecule has 1 amide bonds. The van der Waals surface area contributed by atoms with Gasteiger partial charge in [0.15, 0.2) is 5.13 Å². The normalized spacial score (nSPS) is 25.5. The first kappa shape index (κ1) is 17.7. The number of carbonyl (C=O) groups is 1. The van der Waals surface area contributed by atoms with Gasteiger partial charge in [0, 0.05) is 39.3 Å². The molecule has 2 aliphatic rings. The van der Waals surface area contributed by atoms with Gasteiger partial charge in [-0.15, -0.1) is 0 Å². The first-order chi connectivity index (χ1) is 12.6. The van der Waals surface area contributed by atoms with E-state index in [1.165, 1.54) is 4.70 Å². The topological polar surface area (TPSA) is 59.9 Å². The summed E-state index contributed by atoms with van der Waals surface area (Å²) in [6.45, 7) is 4.67. The summed E-state index contributed by atoms with van der Waals surface area (Å²) in [6, 6.07) is 8.20. The molecule has 2 atom stereocenters. The molecular weight excluding hydrogens is 348 g/mol. The summed E-state index contributed by atoms with van der Waals surface area (Å²) < 4.78 is 1.20. The van der Waals surface area contributed by atoms with Gasteiger partial charge in [0.25, 0.3) is 0 Å². The third kappa shape index (κ3) is 3.56. The van der Waals surface area contributed by atoms with Crippen molar-refractivity contribution < 1.29 is 9.90 Å². The number of hydrogen-bond donors (Lipinski definition) is 1. The van der Waals surface area contributed by atoms with Crippen molar-refractivity contribution >= 4 is 32.6 Å². The Bertz CT molecular complexity index is 747. The zero-order chi connectivity index (χ0) is 18.1. The van der Waals surface area contributed by atoms with Crippen molar-refractivity contribution in [3.8, 4) is 0 Å². The fourth-order valence-corrected chi connectivity index (χ4v) is 4.92. The highest BCUT2D eigenvalue weighted by Gasteiger charge is 2.35. The Kier molecular flexibility index (Phi) is 5.11. The molecule has 0 bridgehead atoms. The fraction of sp³-hybridized carbons (Fsp3) is 0.579. The Labute approximate surface area is 158 Å². The maximum absolute atomic E-state index is 13.0. The van der Waals surface area contributed by atoms with Gasteiger partial charge in [-0.05, 0) is 32.0 Å². The lowest BCUT2D eigenvalue weighted by atomic mass is 9.93. The summed E-state index contributed by atoms with van der Waals surface area (Å²) in [4.78, 5) is 24.1. The van der Waals surface area contributed by atoms with Gasteiger partial charge in [0.1, 0.15) is 0 Å². The van der Waals surface area contributed by atoms with E-state index in [1.807, 2.05) is 30.1 Å². The van der Waals surface area contributed by atoms with Crippen LogP contribution in [0.2, 0.25) is 0 Å². The third-order valence-corrected chi connectivity index (χ3v) is 6.55. The molecule has 2 aromatic rings. The van der Waals surface area contributed by atoms with Crippen LogP contribution in [0.25, 0.3) is 10.2 Å². The molecule has 0 radical (unpaired) electrons. The van der Waals surface area contributed by atoms with Gasteiger partial charge in [-0.2, -0.15) is 0 Å². The minimum Gasteiger partial charge on any atom is -0.392 e. The lowest BCUT2D eigenvalue weighted by Gasteiger charge is -2.35. The highest BCUT2D eigenvalue weighted by molar-refractivity contribution is 7.22. The molecule has 0 saturated carbocycles. The first-order valence-corrected chi connectivity index (χ1v) is 10.2. The molecule has 140 valence electrons. The molecule has 0 unspecified atom stereocenters. The predicted molar refractivity (Wildman–Crippen MR) is 105 cm³/mol. The number of aliphatic hydroxyl groups excluding tert-OH is 1. The largest absolute Gasteiger partial charge is 0.392 e. The SMILES string of the molecule is CN1CC[C@H](O)[C@H](C(=O)N2CCCN(c3nc4ccccc4s3)CC2)C1. The van der Waals surface area contributed by atoms with E-state index in [2.05, 4.69) is 15.9 Å². The van der Waals surface area contributed by atoms with Crippen molar-refractivity contribution in [2.24, 2.45) is 5.92 Å². The summed E-state index contributed by atoms with van der Waals surface area (Å²) in [5, 5.41) is 11.3. The first-order valence-electron chi connectivity index (χ1n) is 9.38. The van der Waals surface area contributed by atoms with E-state index >= 15 is 0 Å². The molecule has 2 aliphatic heterocycles. The van der Waals surface area contributed by atoms with Crippen LogP contribution in [0.15, 0.2) is 24.3 Å². The van der Waals surface area contributed by atoms with Crippen molar-refractivity contribution in [2.45, 2.75) is 18.9 Å². The van der Waals surface area contributed by atoms with Crippen molar-refractivity contribution in [3.05, 3.63) is 24.3 Å². The minimum atomic E-state index is -0.512. The molecule has 2 fully saturated rings. The van der Waals surface area contributed by atoms with Gasteiger partial charge in [-0.3, -0.25) is 4.79 Å². The molecule has 1 aromatic carbocycles. The Morgan fingerprint density at radius 2 is 2.04 bits per heavy atom. The number of aromatic nitrogens is 1. The number of thiazole rings is 1. The van der Waals surface area contributed by atoms with E-state index in [9.17, 15) is 9.90 Å². The predicted octanol–water partition coefficient (Wildman–Crippen LogP) is 1.65. The monoisotopic (exact) mass is 374 g/mol. The number of likely N-dealkylation sites (tertiary alicyclic amines) is 1. The number of piperidine rings is 1. The number of hydrogen-bond acceptors (Lipinski definition) is 6. The number of amides is 1. The van der Waals surface area contributed by atoms with E-state index in [0.717, 1.165) is 43.2 Å². The summed E-state index contributed by atoms with van der Waals surface area (Å²) in [5.74, 6) is -0.182. The van der Waals surface area contributed by atoms with Crippen LogP contribution >= 0.6 is 11.3 Å². The van der Waals surface area contributed by atoms with E-state index in [4.69, 9.17) is 4.98 Å². The second kappa shape index (κ2) is 7.50. The van der Waals surface area contributed by atoms with Gasteiger partial charge >= 0.3 is 0 Å². The lowest BCUT2D eigenvalue weighted by Crippen LogP contribution is -2.50. The van der Waals surface area contributed by atoms with Gasteiger partial charge in [0.2, 0.25) is 5.91 Å². The van der Waals surface area contributed by atoms with Crippen molar-refractivity contribution in [1.29, 1.82) is 0 Å². The fourth-order valence-electron chi connectivity index (χ4n) is 3.90. The summed E-state index contributed by atoms with van der Waals surface area (Å²) >= 11 is 1.72. The van der Waals surface area contributed by atoms with Crippen LogP contribution in [0.3, 0.4) is 0 Å². The number of benzene rings is 1. The summed E-state index contributed by atoms with van der Waals surface area (Å²) in [7, 11) is 2.02. The molecule has 26 heavy (non-hydrogen) atoms. The van der Waals surface area contributed by atoms with Crippen LogP contribution in [-0.2, 0) is 4.79 Å². The van der Waals surface area contributed by atoms with E-state index in [0.29, 0.717) is 19.5 Å². The molecule has 4 rings (SSSR count). The maximum Gasteiger partial charge on any atom is 0.229 e. The highest BCUT2D eigenvalue weighted by atomic mass is 32.1. The van der Waals surface area contributed by atoms with E-state index in [1.54, 1.807) is 11.3 Å². The molecule has 2 saturated heterocycles. The molecule has 3 heterocycles. The third-order valence-electron chi connectivity index (χ3n) is 5.46. The number of rotatable bonds is 2. The van der Waals surface area contributed by atoms with Crippen LogP contribution in [-0.4, -0.2) is 78.2 Å². The minimum absolute atomic E-state index is 0.107. The number of para-hydroxylation sites is 1. The zero-order valence-corrected chi connectivity index (χ0v) is 16.0. The Morgan fingerprint density at radius 1 is 1.19 bits per heavy atom. The van der Waals surface area contributed by atoms with Crippen LogP contribution in [0.4, 0.5) is 5.13 Å². The van der Waals surface area contributed by atoms with Crippen LogP contribution < -0.4 is 4.90 Å². The molecule has 1 aromatic heterocycles. The van der Waals surface area contributed by atoms with Gasteiger partial charge < -0.3 is 19.8 Å². The van der Waals surface area contributed by atoms with Crippen LogP contribution in [0.5, 0.6) is 0 Å². The van der Waals surface area contributed by atoms with Gasteiger partial charge in [0.05, 0.1) is 22.2 Å². The Hall–Kier alpha value is -1.70. The Morgan fingerprint density at radius 3 is 2.88 bits per heavy atom. The highest BCUT2D eigenvalue weighted by Crippen LogP contribution is 2.29. The van der Waals surface area contributed by atoms with Gasteiger partial charge in [-0.1, -0.05) is 23.5 Å². The summed E-state index contributed by atoms with van der Waals surface area (Å²) in [6.07, 6.45) is 1.10. The molecular formula is C19H26N4O2S. The molecule has 1 N–H and O–H groups in total. The standard InChI is InChI=1S/C19H26N4O2S/c1-21-10-7-16(24)14(13-21)18(25)22-8-4-9-23(12-11-22)19-20-15-5-2-3-6-17(15)26-19/h2-3,5-6,14,16,24H,4,7-13H2,1H3/t14-,16+/m1/s1. The van der Waals surface area contributed by atoms with E-state index < -0.39 is 6.10 Å². The summed E-state index contributed by atoms with van der Waals surface area (Å²) in [5.41, 5.74) is 1.04. The van der Waals surface area contributed by atoms with Crippen molar-refractivity contribution in [2.75, 3.05) is 51.2 Å². The second-order valence-electron chi connectivity index (χ2n) is 7.35. The van der Waals surface area contributed by atoms with Crippen molar-refractivity contribution in [1.82, 2.24) is 14.8 Å². The van der Waals surface area contributed by atoms with Crippen molar-refractivity contribution in [3.63, 3.8) is 0 Å². The number of aliphatic hydroxyl groups is 1. The lowest BCUT2D eigenvalue weighted by molar-refractivity contribution is -0.141. The molecule has 0 aliphatic carbocycles. The molecule has 0 spiro atoms. The average Bonchev–Trinajstić information content (AvgIpc) is 2.92. The Balaban J connectivity index is 1.43. The van der Waals surface area contributed by atoms with Gasteiger partial charge in [-0.25, -0.2) is 4.98 Å². The molecule has 6 nitrogen and oxygen atoms in total. The smallest absolute Gasteiger partial charge is 0.229 e. The maximum atomic E-state index is 13.0. The number of carbonyl (C=O) groups excluding carboxylic acids is 1. The quantitative estimate of drug-likeness (QED) is 0.866. The number of nitrogens with zero attached hydrogens (tertiary/aromatic N) is 4. The van der Waals surface area contributed by atoms with Crippen LogP contribution in [0.1, 0.15) is 12.8 Å². The number of anilines is 1. The van der Waals surface area contributed by atoms with E-state index in [-0.39, 0.29) is 11.8 Å². The number of fused-ring (bicyclic) bond motifs is 1. The average molecular weight is 375 g/mol. The molecule has 7 heteroatoms. The second-order valence-corrected chi connectivity index (χ2v) is 8.36. The van der Waals surface area contributed by atoms with Crippen LogP contribution in [0, 0.1) is 5.92 Å². The zero-order valence-electron chi connectivity index (χ0n) is 15.2.